The van der Waals surface area contributed by atoms with Crippen molar-refractivity contribution < 1.29 is 4.74 Å². The molecule has 0 bridgehead atoms. The van der Waals surface area contributed by atoms with Gasteiger partial charge in [-0.15, -0.1) is 11.3 Å². The maximum atomic E-state index is 5.40. The number of aromatic nitrogens is 1. The molecule has 2 aromatic rings. The van der Waals surface area contributed by atoms with E-state index in [2.05, 4.69) is 33.0 Å². The average Bonchev–Trinajstić information content (AvgIpc) is 2.91. The maximum absolute atomic E-state index is 5.40. The normalized spacial score (nSPS) is 12.3. The molecule has 18 heavy (non-hydrogen) atoms. The Morgan fingerprint density at radius 2 is 2.17 bits per heavy atom. The van der Waals surface area contributed by atoms with Crippen LogP contribution in [-0.2, 0) is 12.8 Å². The zero-order chi connectivity index (χ0) is 12.8. The van der Waals surface area contributed by atoms with E-state index in [1.807, 2.05) is 23.8 Å². The molecule has 0 amide bonds. The van der Waals surface area contributed by atoms with Gasteiger partial charge < -0.3 is 4.74 Å². The number of hydrogen-bond donors (Lipinski definition) is 0. The molecular weight excluding hydrogens is 310 g/mol. The summed E-state index contributed by atoms with van der Waals surface area (Å²) in [6, 6.07) is 8.24. The first kappa shape index (κ1) is 13.6. The molecule has 0 aliphatic heterocycles. The summed E-state index contributed by atoms with van der Waals surface area (Å²) in [7, 11) is 1.73. The SMILES string of the molecule is COc1ccccc1CC(CBr)Cc1cncs1. The Labute approximate surface area is 120 Å². The minimum absolute atomic E-state index is 0.571. The van der Waals surface area contributed by atoms with E-state index in [1.165, 1.54) is 10.4 Å². The Hall–Kier alpha value is -0.870. The van der Waals surface area contributed by atoms with E-state index in [0.717, 1.165) is 23.9 Å². The standard InChI is InChI=1S/C14H16BrNOS/c1-17-14-5-3-2-4-12(14)6-11(8-15)7-13-9-16-10-18-13/h2-5,9-11H,6-8H2,1H3. The van der Waals surface area contributed by atoms with E-state index in [1.54, 1.807) is 18.4 Å². The van der Waals surface area contributed by atoms with Gasteiger partial charge in [-0.05, 0) is 30.4 Å². The van der Waals surface area contributed by atoms with E-state index in [9.17, 15) is 0 Å². The zero-order valence-electron chi connectivity index (χ0n) is 10.3. The van der Waals surface area contributed by atoms with Gasteiger partial charge in [-0.25, -0.2) is 0 Å². The fraction of sp³-hybridized carbons (Fsp3) is 0.357. The fourth-order valence-corrected chi connectivity index (χ4v) is 3.16. The largest absolute Gasteiger partial charge is 0.496 e. The van der Waals surface area contributed by atoms with Crippen molar-refractivity contribution in [3.8, 4) is 5.75 Å². The number of para-hydroxylation sites is 1. The van der Waals surface area contributed by atoms with Gasteiger partial charge in [-0.3, -0.25) is 4.98 Å². The van der Waals surface area contributed by atoms with Crippen LogP contribution in [0.25, 0.3) is 0 Å². The third kappa shape index (κ3) is 3.56. The molecule has 0 saturated heterocycles. The number of halogens is 1. The number of ether oxygens (including phenoxy) is 1. The first-order valence-electron chi connectivity index (χ1n) is 5.88. The highest BCUT2D eigenvalue weighted by atomic mass is 79.9. The van der Waals surface area contributed by atoms with E-state index in [0.29, 0.717) is 5.92 Å². The first-order valence-corrected chi connectivity index (χ1v) is 7.88. The second kappa shape index (κ2) is 6.90. The summed E-state index contributed by atoms with van der Waals surface area (Å²) in [5, 5.41) is 0.989. The van der Waals surface area contributed by atoms with Crippen LogP contribution in [0, 0.1) is 5.92 Å². The van der Waals surface area contributed by atoms with Gasteiger partial charge in [0.2, 0.25) is 0 Å². The fourth-order valence-electron chi connectivity index (χ4n) is 1.99. The van der Waals surface area contributed by atoms with Crippen LogP contribution in [0.2, 0.25) is 0 Å². The van der Waals surface area contributed by atoms with E-state index < -0.39 is 0 Å². The van der Waals surface area contributed by atoms with Gasteiger partial charge in [0.15, 0.2) is 0 Å². The van der Waals surface area contributed by atoms with E-state index in [4.69, 9.17) is 4.74 Å². The molecule has 0 fully saturated rings. The van der Waals surface area contributed by atoms with Crippen molar-refractivity contribution in [2.24, 2.45) is 5.92 Å². The number of benzene rings is 1. The molecule has 1 heterocycles. The molecule has 1 unspecified atom stereocenters. The monoisotopic (exact) mass is 325 g/mol. The lowest BCUT2D eigenvalue weighted by Gasteiger charge is -2.15. The number of nitrogens with zero attached hydrogens (tertiary/aromatic N) is 1. The van der Waals surface area contributed by atoms with Crippen molar-refractivity contribution >= 4 is 27.3 Å². The summed E-state index contributed by atoms with van der Waals surface area (Å²) in [6.07, 6.45) is 4.05. The molecule has 96 valence electrons. The van der Waals surface area contributed by atoms with Crippen LogP contribution in [0.4, 0.5) is 0 Å². The van der Waals surface area contributed by atoms with Crippen LogP contribution in [0.1, 0.15) is 10.4 Å². The van der Waals surface area contributed by atoms with Gasteiger partial charge in [-0.1, -0.05) is 34.1 Å². The van der Waals surface area contributed by atoms with Crippen molar-refractivity contribution in [2.45, 2.75) is 12.8 Å². The minimum Gasteiger partial charge on any atom is -0.496 e. The summed E-state index contributed by atoms with van der Waals surface area (Å²) in [6.45, 7) is 0. The Morgan fingerprint density at radius 3 is 2.83 bits per heavy atom. The highest BCUT2D eigenvalue weighted by molar-refractivity contribution is 9.09. The van der Waals surface area contributed by atoms with Gasteiger partial charge in [0.1, 0.15) is 5.75 Å². The molecule has 1 aromatic heterocycles. The van der Waals surface area contributed by atoms with Gasteiger partial charge in [0.25, 0.3) is 0 Å². The van der Waals surface area contributed by atoms with Crippen molar-refractivity contribution in [3.05, 3.63) is 46.4 Å². The number of methoxy groups -OCH3 is 1. The van der Waals surface area contributed by atoms with E-state index in [-0.39, 0.29) is 0 Å². The molecule has 2 rings (SSSR count). The van der Waals surface area contributed by atoms with Crippen LogP contribution >= 0.6 is 27.3 Å². The number of thiazole rings is 1. The lowest BCUT2D eigenvalue weighted by molar-refractivity contribution is 0.406. The van der Waals surface area contributed by atoms with Crippen molar-refractivity contribution in [2.75, 3.05) is 12.4 Å². The van der Waals surface area contributed by atoms with Crippen LogP contribution in [0.15, 0.2) is 36.0 Å². The molecule has 0 N–H and O–H groups in total. The Balaban J connectivity index is 2.05. The molecule has 0 saturated carbocycles. The minimum atomic E-state index is 0.571. The Bertz CT molecular complexity index is 472. The molecule has 0 aliphatic rings. The zero-order valence-corrected chi connectivity index (χ0v) is 12.7. The lowest BCUT2D eigenvalue weighted by Crippen LogP contribution is -2.10. The summed E-state index contributed by atoms with van der Waals surface area (Å²) in [5.41, 5.74) is 3.16. The molecule has 0 aliphatic carbocycles. The number of alkyl halides is 1. The van der Waals surface area contributed by atoms with Crippen LogP contribution in [0.5, 0.6) is 5.75 Å². The molecule has 1 aromatic carbocycles. The van der Waals surface area contributed by atoms with Gasteiger partial charge in [-0.2, -0.15) is 0 Å². The lowest BCUT2D eigenvalue weighted by atomic mass is 9.97. The van der Waals surface area contributed by atoms with Gasteiger partial charge in [0.05, 0.1) is 12.6 Å². The predicted molar refractivity (Wildman–Crippen MR) is 79.8 cm³/mol. The quantitative estimate of drug-likeness (QED) is 0.750. The van der Waals surface area contributed by atoms with Crippen molar-refractivity contribution in [1.29, 1.82) is 0 Å². The van der Waals surface area contributed by atoms with Crippen molar-refractivity contribution in [1.82, 2.24) is 4.98 Å². The summed E-state index contributed by atoms with van der Waals surface area (Å²) in [5.74, 6) is 1.55. The molecule has 0 radical (unpaired) electrons. The van der Waals surface area contributed by atoms with E-state index >= 15 is 0 Å². The van der Waals surface area contributed by atoms with Crippen LogP contribution < -0.4 is 4.74 Å². The number of hydrogen-bond acceptors (Lipinski definition) is 3. The summed E-state index contributed by atoms with van der Waals surface area (Å²) >= 11 is 5.33. The summed E-state index contributed by atoms with van der Waals surface area (Å²) < 4.78 is 5.40. The van der Waals surface area contributed by atoms with Crippen LogP contribution in [0.3, 0.4) is 0 Å². The van der Waals surface area contributed by atoms with Crippen LogP contribution in [-0.4, -0.2) is 17.4 Å². The molecular formula is C14H16BrNOS. The Kier molecular flexibility index (Phi) is 5.20. The van der Waals surface area contributed by atoms with Gasteiger partial charge in [0, 0.05) is 16.4 Å². The predicted octanol–water partition coefficient (Wildman–Crippen LogP) is 3.95. The third-order valence-electron chi connectivity index (χ3n) is 2.89. The second-order valence-corrected chi connectivity index (χ2v) is 5.83. The molecule has 2 nitrogen and oxygen atoms in total. The van der Waals surface area contributed by atoms with Crippen molar-refractivity contribution in [3.63, 3.8) is 0 Å². The smallest absolute Gasteiger partial charge is 0.122 e. The highest BCUT2D eigenvalue weighted by Crippen LogP contribution is 2.24. The Morgan fingerprint density at radius 1 is 1.33 bits per heavy atom. The van der Waals surface area contributed by atoms with Gasteiger partial charge >= 0.3 is 0 Å². The average molecular weight is 326 g/mol. The topological polar surface area (TPSA) is 22.1 Å². The molecule has 1 atom stereocenters. The third-order valence-corrected chi connectivity index (χ3v) is 4.61. The number of rotatable bonds is 6. The molecule has 0 spiro atoms. The summed E-state index contributed by atoms with van der Waals surface area (Å²) in [4.78, 5) is 5.47. The second-order valence-electron chi connectivity index (χ2n) is 4.21. The molecule has 4 heteroatoms. The first-order chi connectivity index (χ1) is 8.83. The highest BCUT2D eigenvalue weighted by Gasteiger charge is 2.13. The maximum Gasteiger partial charge on any atom is 0.122 e.